The zero-order valence-corrected chi connectivity index (χ0v) is 15.6. The molecule has 5 nitrogen and oxygen atoms in total. The van der Waals surface area contributed by atoms with Gasteiger partial charge in [0.25, 0.3) is 5.56 Å². The van der Waals surface area contributed by atoms with Crippen LogP contribution in [0.2, 0.25) is 0 Å². The van der Waals surface area contributed by atoms with E-state index < -0.39 is 0 Å². The summed E-state index contributed by atoms with van der Waals surface area (Å²) in [5, 5.41) is 2.87. The van der Waals surface area contributed by atoms with Gasteiger partial charge in [0, 0.05) is 23.9 Å². The van der Waals surface area contributed by atoms with E-state index in [1.807, 2.05) is 68.4 Å². The first-order valence-corrected chi connectivity index (χ1v) is 9.05. The van der Waals surface area contributed by atoms with E-state index in [2.05, 4.69) is 10.3 Å². The van der Waals surface area contributed by atoms with Crippen molar-refractivity contribution < 1.29 is 4.79 Å². The molecule has 5 heteroatoms. The fourth-order valence-corrected chi connectivity index (χ4v) is 2.80. The highest BCUT2D eigenvalue weighted by atomic mass is 16.2. The second-order valence-electron chi connectivity index (χ2n) is 6.48. The molecule has 1 N–H and O–H groups in total. The maximum absolute atomic E-state index is 12.6. The number of hydrogen-bond acceptors (Lipinski definition) is 3. The van der Waals surface area contributed by atoms with Crippen molar-refractivity contribution in [1.82, 2.24) is 14.9 Å². The van der Waals surface area contributed by atoms with Crippen LogP contribution < -0.4 is 10.9 Å². The number of rotatable bonds is 6. The second kappa shape index (κ2) is 8.45. The van der Waals surface area contributed by atoms with Crippen LogP contribution in [0.5, 0.6) is 0 Å². The van der Waals surface area contributed by atoms with E-state index in [0.717, 1.165) is 16.8 Å². The lowest BCUT2D eigenvalue weighted by atomic mass is 10.1. The van der Waals surface area contributed by atoms with Crippen LogP contribution in [-0.2, 0) is 24.3 Å². The smallest absolute Gasteiger partial charge is 0.254 e. The number of amides is 1. The van der Waals surface area contributed by atoms with Gasteiger partial charge in [0.1, 0.15) is 12.4 Å². The van der Waals surface area contributed by atoms with Gasteiger partial charge in [-0.3, -0.25) is 14.2 Å². The van der Waals surface area contributed by atoms with Crippen LogP contribution in [0.15, 0.2) is 65.5 Å². The molecule has 0 aliphatic carbocycles. The fourth-order valence-electron chi connectivity index (χ4n) is 2.80. The maximum Gasteiger partial charge on any atom is 0.254 e. The maximum atomic E-state index is 12.6. The molecule has 1 aromatic heterocycles. The van der Waals surface area contributed by atoms with Gasteiger partial charge in [-0.05, 0) is 18.9 Å². The Kier molecular flexibility index (Phi) is 5.81. The Morgan fingerprint density at radius 1 is 1.07 bits per heavy atom. The Morgan fingerprint density at radius 3 is 2.44 bits per heavy atom. The van der Waals surface area contributed by atoms with Crippen molar-refractivity contribution in [2.24, 2.45) is 0 Å². The van der Waals surface area contributed by atoms with Gasteiger partial charge in [0.05, 0.1) is 0 Å². The minimum absolute atomic E-state index is 0.0636. The lowest BCUT2D eigenvalue weighted by Gasteiger charge is -2.13. The lowest BCUT2D eigenvalue weighted by Crippen LogP contribution is -2.33. The minimum atomic E-state index is -0.221. The Labute approximate surface area is 158 Å². The van der Waals surface area contributed by atoms with E-state index >= 15 is 0 Å². The van der Waals surface area contributed by atoms with Gasteiger partial charge in [-0.1, -0.05) is 67.1 Å². The summed E-state index contributed by atoms with van der Waals surface area (Å²) in [5.74, 6) is 0.298. The molecule has 0 radical (unpaired) electrons. The van der Waals surface area contributed by atoms with Gasteiger partial charge >= 0.3 is 0 Å². The van der Waals surface area contributed by atoms with Crippen LogP contribution in [0.4, 0.5) is 0 Å². The minimum Gasteiger partial charge on any atom is -0.350 e. The van der Waals surface area contributed by atoms with Crippen LogP contribution in [0.3, 0.4) is 0 Å². The number of carbonyl (C=O) groups excluding carboxylic acids is 1. The first-order chi connectivity index (χ1) is 13.1. The molecule has 0 spiro atoms. The van der Waals surface area contributed by atoms with Crippen molar-refractivity contribution in [2.75, 3.05) is 0 Å². The van der Waals surface area contributed by atoms with Crippen LogP contribution in [0.1, 0.15) is 23.7 Å². The highest BCUT2D eigenvalue weighted by Gasteiger charge is 2.13. The fraction of sp³-hybridized carbons (Fsp3) is 0.227. The van der Waals surface area contributed by atoms with Crippen LogP contribution in [0.25, 0.3) is 11.4 Å². The van der Waals surface area contributed by atoms with Crippen molar-refractivity contribution in [1.29, 1.82) is 0 Å². The Morgan fingerprint density at radius 2 is 1.78 bits per heavy atom. The summed E-state index contributed by atoms with van der Waals surface area (Å²) in [6.07, 6.45) is 0.662. The highest BCUT2D eigenvalue weighted by molar-refractivity contribution is 5.76. The van der Waals surface area contributed by atoms with Gasteiger partial charge in [0.2, 0.25) is 5.91 Å². The van der Waals surface area contributed by atoms with E-state index in [1.165, 1.54) is 16.2 Å². The molecule has 0 saturated carbocycles. The quantitative estimate of drug-likeness (QED) is 0.734. The number of nitrogens with one attached hydrogen (secondary N) is 1. The lowest BCUT2D eigenvalue weighted by molar-refractivity contribution is -0.121. The standard InChI is InChI=1S/C22H23N3O2/c1-3-19-13-21(27)25(22(24-19)18-7-5-4-6-8-18)15-20(26)23-14-17-11-9-16(2)10-12-17/h4-13H,3,14-15H2,1-2H3,(H,23,26). The summed E-state index contributed by atoms with van der Waals surface area (Å²) >= 11 is 0. The predicted octanol–water partition coefficient (Wildman–Crippen LogP) is 3.10. The van der Waals surface area contributed by atoms with E-state index in [9.17, 15) is 9.59 Å². The van der Waals surface area contributed by atoms with E-state index in [0.29, 0.717) is 18.8 Å². The van der Waals surface area contributed by atoms with Crippen molar-refractivity contribution in [2.45, 2.75) is 33.4 Å². The summed E-state index contributed by atoms with van der Waals surface area (Å²) in [7, 11) is 0. The zero-order chi connectivity index (χ0) is 19.2. The molecular weight excluding hydrogens is 338 g/mol. The molecule has 0 aliphatic heterocycles. The Balaban J connectivity index is 1.82. The molecule has 2 aromatic carbocycles. The second-order valence-corrected chi connectivity index (χ2v) is 6.48. The third kappa shape index (κ3) is 4.70. The molecule has 1 amide bonds. The SMILES string of the molecule is CCc1cc(=O)n(CC(=O)NCc2ccc(C)cc2)c(-c2ccccc2)n1. The molecule has 0 fully saturated rings. The molecule has 0 saturated heterocycles. The molecule has 138 valence electrons. The van der Waals surface area contributed by atoms with Gasteiger partial charge in [0.15, 0.2) is 0 Å². The average Bonchev–Trinajstić information content (AvgIpc) is 2.69. The molecule has 3 rings (SSSR count). The number of benzene rings is 2. The summed E-state index contributed by atoms with van der Waals surface area (Å²) in [4.78, 5) is 29.6. The van der Waals surface area contributed by atoms with E-state index in [1.54, 1.807) is 0 Å². The first kappa shape index (κ1) is 18.6. The first-order valence-electron chi connectivity index (χ1n) is 9.05. The third-order valence-corrected chi connectivity index (χ3v) is 4.37. The normalized spacial score (nSPS) is 10.6. The summed E-state index contributed by atoms with van der Waals surface area (Å²) < 4.78 is 1.43. The van der Waals surface area contributed by atoms with E-state index in [-0.39, 0.29) is 18.0 Å². The summed E-state index contributed by atoms with van der Waals surface area (Å²) in [6, 6.07) is 18.9. The number of aryl methyl sites for hydroxylation is 2. The number of hydrogen-bond donors (Lipinski definition) is 1. The largest absolute Gasteiger partial charge is 0.350 e. The number of carbonyl (C=O) groups is 1. The van der Waals surface area contributed by atoms with Crippen molar-refractivity contribution in [3.63, 3.8) is 0 Å². The van der Waals surface area contributed by atoms with Gasteiger partial charge in [-0.15, -0.1) is 0 Å². The number of nitrogens with zero attached hydrogens (tertiary/aromatic N) is 2. The van der Waals surface area contributed by atoms with Gasteiger partial charge in [-0.2, -0.15) is 0 Å². The molecule has 1 heterocycles. The molecule has 0 bridgehead atoms. The van der Waals surface area contributed by atoms with Crippen molar-refractivity contribution in [3.05, 3.63) is 87.8 Å². The van der Waals surface area contributed by atoms with E-state index in [4.69, 9.17) is 0 Å². The molecule has 27 heavy (non-hydrogen) atoms. The predicted molar refractivity (Wildman–Crippen MR) is 106 cm³/mol. The Hall–Kier alpha value is -3.21. The molecule has 0 aliphatic rings. The van der Waals surface area contributed by atoms with Crippen LogP contribution >= 0.6 is 0 Å². The molecule has 0 atom stereocenters. The molecule has 0 unspecified atom stereocenters. The van der Waals surface area contributed by atoms with Crippen LogP contribution in [-0.4, -0.2) is 15.5 Å². The highest BCUT2D eigenvalue weighted by Crippen LogP contribution is 2.15. The monoisotopic (exact) mass is 361 g/mol. The summed E-state index contributed by atoms with van der Waals surface area (Å²) in [5.41, 5.74) is 3.51. The van der Waals surface area contributed by atoms with Gasteiger partial charge in [-0.25, -0.2) is 4.98 Å². The topological polar surface area (TPSA) is 64.0 Å². The Bertz CT molecular complexity index is 977. The zero-order valence-electron chi connectivity index (χ0n) is 15.6. The van der Waals surface area contributed by atoms with Gasteiger partial charge < -0.3 is 5.32 Å². The third-order valence-electron chi connectivity index (χ3n) is 4.37. The van der Waals surface area contributed by atoms with Crippen molar-refractivity contribution >= 4 is 5.91 Å². The van der Waals surface area contributed by atoms with Crippen molar-refractivity contribution in [3.8, 4) is 11.4 Å². The number of aromatic nitrogens is 2. The molecular formula is C22H23N3O2. The van der Waals surface area contributed by atoms with Crippen LogP contribution in [0, 0.1) is 6.92 Å². The summed E-state index contributed by atoms with van der Waals surface area (Å²) in [6.45, 7) is 4.34. The average molecular weight is 361 g/mol. The molecule has 3 aromatic rings.